The van der Waals surface area contributed by atoms with Crippen molar-refractivity contribution in [1.82, 2.24) is 10.2 Å². The second kappa shape index (κ2) is 4.91. The van der Waals surface area contributed by atoms with E-state index >= 15 is 0 Å². The highest BCUT2D eigenvalue weighted by Crippen LogP contribution is 2.34. The molecule has 6 nitrogen and oxygen atoms in total. The lowest BCUT2D eigenvalue weighted by Gasteiger charge is -2.40. The van der Waals surface area contributed by atoms with E-state index in [1.54, 1.807) is 0 Å². The summed E-state index contributed by atoms with van der Waals surface area (Å²) in [7, 11) is 1.34. The monoisotopic (exact) mass is 242 g/mol. The van der Waals surface area contributed by atoms with E-state index in [1.807, 2.05) is 0 Å². The Hall–Kier alpha value is -1.30. The lowest BCUT2D eigenvalue weighted by Crippen LogP contribution is -2.50. The van der Waals surface area contributed by atoms with Crippen molar-refractivity contribution < 1.29 is 19.4 Å². The van der Waals surface area contributed by atoms with E-state index in [-0.39, 0.29) is 18.0 Å². The molecule has 0 aromatic carbocycles. The predicted molar refractivity (Wildman–Crippen MR) is 59.7 cm³/mol. The van der Waals surface area contributed by atoms with Crippen LogP contribution in [0.1, 0.15) is 19.3 Å². The molecular weight excluding hydrogens is 224 g/mol. The first-order chi connectivity index (χ1) is 8.11. The Morgan fingerprint density at radius 2 is 2.12 bits per heavy atom. The van der Waals surface area contributed by atoms with E-state index in [4.69, 9.17) is 5.11 Å². The molecule has 0 spiro atoms. The zero-order chi connectivity index (χ0) is 12.4. The van der Waals surface area contributed by atoms with Crippen LogP contribution in [0.3, 0.4) is 0 Å². The number of aliphatic carboxylic acids is 1. The lowest BCUT2D eigenvalue weighted by atomic mass is 9.78. The largest absolute Gasteiger partial charge is 0.481 e. The van der Waals surface area contributed by atoms with Gasteiger partial charge in [-0.25, -0.2) is 4.79 Å². The Kier molecular flexibility index (Phi) is 3.51. The van der Waals surface area contributed by atoms with E-state index in [1.165, 1.54) is 7.11 Å². The summed E-state index contributed by atoms with van der Waals surface area (Å²) in [5, 5.41) is 11.8. The van der Waals surface area contributed by atoms with E-state index in [0.29, 0.717) is 0 Å². The van der Waals surface area contributed by atoms with Crippen molar-refractivity contribution in [1.29, 1.82) is 0 Å². The first kappa shape index (κ1) is 12.2. The van der Waals surface area contributed by atoms with Gasteiger partial charge in [0.15, 0.2) is 0 Å². The number of nitrogens with one attached hydrogen (secondary N) is 1. The molecule has 17 heavy (non-hydrogen) atoms. The standard InChI is InChI=1S/C11H18N2O4/c1-17-11(16)12-7-4-5-13(6-7)9-3-2-8(9)10(14)15/h7-9H,2-6H2,1H3,(H,12,16)(H,14,15). The van der Waals surface area contributed by atoms with Crippen LogP contribution in [0.2, 0.25) is 0 Å². The third-order valence-electron chi connectivity index (χ3n) is 3.75. The van der Waals surface area contributed by atoms with E-state index in [9.17, 15) is 9.59 Å². The number of amides is 1. The molecule has 3 unspecified atom stereocenters. The quantitative estimate of drug-likeness (QED) is 0.743. The van der Waals surface area contributed by atoms with Crippen molar-refractivity contribution in [2.24, 2.45) is 5.92 Å². The number of nitrogens with zero attached hydrogens (tertiary/aromatic N) is 1. The van der Waals surface area contributed by atoms with Gasteiger partial charge in [-0.3, -0.25) is 9.69 Å². The van der Waals surface area contributed by atoms with Gasteiger partial charge in [-0.2, -0.15) is 0 Å². The highest BCUT2D eigenvalue weighted by atomic mass is 16.5. The zero-order valence-corrected chi connectivity index (χ0v) is 9.89. The number of carboxylic acid groups (broad SMARTS) is 1. The maximum atomic E-state index is 11.1. The van der Waals surface area contributed by atoms with E-state index in [0.717, 1.165) is 32.4 Å². The van der Waals surface area contributed by atoms with Gasteiger partial charge in [-0.1, -0.05) is 0 Å². The van der Waals surface area contributed by atoms with Gasteiger partial charge in [-0.15, -0.1) is 0 Å². The Labute approximate surface area is 99.9 Å². The van der Waals surface area contributed by atoms with E-state index in [2.05, 4.69) is 15.0 Å². The molecule has 6 heteroatoms. The molecule has 3 atom stereocenters. The van der Waals surface area contributed by atoms with Gasteiger partial charge in [0.05, 0.1) is 13.0 Å². The Bertz CT molecular complexity index is 321. The van der Waals surface area contributed by atoms with Gasteiger partial charge in [0.1, 0.15) is 0 Å². The summed E-state index contributed by atoms with van der Waals surface area (Å²) < 4.78 is 4.54. The molecule has 1 amide bonds. The summed E-state index contributed by atoms with van der Waals surface area (Å²) >= 11 is 0. The van der Waals surface area contributed by atoms with Gasteiger partial charge < -0.3 is 15.2 Å². The van der Waals surface area contributed by atoms with Gasteiger partial charge in [0, 0.05) is 25.2 Å². The molecule has 1 saturated heterocycles. The van der Waals surface area contributed by atoms with Crippen LogP contribution in [0.5, 0.6) is 0 Å². The lowest BCUT2D eigenvalue weighted by molar-refractivity contribution is -0.148. The van der Waals surface area contributed by atoms with Crippen LogP contribution in [0.4, 0.5) is 4.79 Å². The Balaban J connectivity index is 1.82. The van der Waals surface area contributed by atoms with Crippen LogP contribution in [-0.2, 0) is 9.53 Å². The fourth-order valence-electron chi connectivity index (χ4n) is 2.64. The fraction of sp³-hybridized carbons (Fsp3) is 0.818. The minimum absolute atomic E-state index is 0.0810. The predicted octanol–water partition coefficient (Wildman–Crippen LogP) is 0.280. The van der Waals surface area contributed by atoms with Crippen molar-refractivity contribution >= 4 is 12.1 Å². The molecular formula is C11H18N2O4. The number of carbonyl (C=O) groups is 2. The number of ether oxygens (including phenoxy) is 1. The molecule has 0 radical (unpaired) electrons. The Morgan fingerprint density at radius 3 is 2.65 bits per heavy atom. The smallest absolute Gasteiger partial charge is 0.407 e. The number of carboxylic acids is 1. The first-order valence-electron chi connectivity index (χ1n) is 5.93. The highest BCUT2D eigenvalue weighted by Gasteiger charge is 2.42. The normalized spacial score (nSPS) is 32.9. The molecule has 1 heterocycles. The van der Waals surface area contributed by atoms with Crippen LogP contribution in [-0.4, -0.2) is 54.4 Å². The molecule has 2 fully saturated rings. The third kappa shape index (κ3) is 2.52. The minimum atomic E-state index is -0.703. The number of hydrogen-bond donors (Lipinski definition) is 2. The Morgan fingerprint density at radius 1 is 1.35 bits per heavy atom. The number of likely N-dealkylation sites (tertiary alicyclic amines) is 1. The molecule has 0 aromatic rings. The first-order valence-corrected chi connectivity index (χ1v) is 5.93. The summed E-state index contributed by atoms with van der Waals surface area (Å²) in [5.74, 6) is -0.933. The van der Waals surface area contributed by atoms with Crippen LogP contribution in [0, 0.1) is 5.92 Å². The van der Waals surface area contributed by atoms with Gasteiger partial charge in [-0.05, 0) is 19.3 Å². The molecule has 0 aromatic heterocycles. The van der Waals surface area contributed by atoms with Crippen molar-refractivity contribution in [2.75, 3.05) is 20.2 Å². The van der Waals surface area contributed by atoms with Crippen molar-refractivity contribution in [2.45, 2.75) is 31.3 Å². The number of methoxy groups -OCH3 is 1. The third-order valence-corrected chi connectivity index (χ3v) is 3.75. The average Bonchev–Trinajstić information content (AvgIpc) is 2.63. The number of rotatable bonds is 3. The second-order valence-corrected chi connectivity index (χ2v) is 4.71. The molecule has 2 N–H and O–H groups in total. The number of carbonyl (C=O) groups excluding carboxylic acids is 1. The van der Waals surface area contributed by atoms with Gasteiger partial charge >= 0.3 is 12.1 Å². The topological polar surface area (TPSA) is 78.9 Å². The number of hydrogen-bond acceptors (Lipinski definition) is 4. The van der Waals surface area contributed by atoms with Crippen LogP contribution >= 0.6 is 0 Å². The molecule has 96 valence electrons. The molecule has 2 aliphatic rings. The zero-order valence-electron chi connectivity index (χ0n) is 9.89. The summed E-state index contributed by atoms with van der Waals surface area (Å²) in [6.45, 7) is 1.58. The molecule has 1 aliphatic heterocycles. The van der Waals surface area contributed by atoms with Gasteiger partial charge in [0.2, 0.25) is 0 Å². The maximum absolute atomic E-state index is 11.1. The summed E-state index contributed by atoms with van der Waals surface area (Å²) in [4.78, 5) is 24.2. The van der Waals surface area contributed by atoms with Crippen molar-refractivity contribution in [3.8, 4) is 0 Å². The highest BCUT2D eigenvalue weighted by molar-refractivity contribution is 5.72. The van der Waals surface area contributed by atoms with Crippen molar-refractivity contribution in [3.05, 3.63) is 0 Å². The van der Waals surface area contributed by atoms with Gasteiger partial charge in [0.25, 0.3) is 0 Å². The molecule has 0 bridgehead atoms. The molecule has 1 saturated carbocycles. The minimum Gasteiger partial charge on any atom is -0.481 e. The van der Waals surface area contributed by atoms with Crippen LogP contribution in [0.15, 0.2) is 0 Å². The second-order valence-electron chi connectivity index (χ2n) is 4.71. The SMILES string of the molecule is COC(=O)NC1CCN(C2CCC2C(=O)O)C1. The maximum Gasteiger partial charge on any atom is 0.407 e. The molecule has 2 rings (SSSR count). The molecule has 1 aliphatic carbocycles. The van der Waals surface area contributed by atoms with Crippen LogP contribution in [0.25, 0.3) is 0 Å². The number of alkyl carbamates (subject to hydrolysis) is 1. The summed E-state index contributed by atoms with van der Waals surface area (Å²) in [6.07, 6.45) is 2.16. The average molecular weight is 242 g/mol. The van der Waals surface area contributed by atoms with Crippen molar-refractivity contribution in [3.63, 3.8) is 0 Å². The summed E-state index contributed by atoms with van der Waals surface area (Å²) in [5.41, 5.74) is 0. The fourth-order valence-corrected chi connectivity index (χ4v) is 2.64. The summed E-state index contributed by atoms with van der Waals surface area (Å²) in [6, 6.07) is 0.231. The van der Waals surface area contributed by atoms with Crippen LogP contribution < -0.4 is 5.32 Å². The van der Waals surface area contributed by atoms with E-state index < -0.39 is 12.1 Å².